The number of ether oxygens (including phenoxy) is 3. The number of carbonyl (C=O) groups is 1. The lowest BCUT2D eigenvalue weighted by Gasteiger charge is -2.18. The van der Waals surface area contributed by atoms with Gasteiger partial charge in [0.25, 0.3) is 0 Å². The van der Waals surface area contributed by atoms with Crippen molar-refractivity contribution in [3.8, 4) is 0 Å². The largest absolute Gasteiger partial charge is 0.508 e. The third-order valence-electron chi connectivity index (χ3n) is 13.8. The molecule has 0 N–H and O–H groups in total. The first-order valence-corrected chi connectivity index (χ1v) is 24.0. The molecule has 0 heterocycles. The predicted molar refractivity (Wildman–Crippen MR) is 223 cm³/mol. The van der Waals surface area contributed by atoms with Crippen LogP contribution in [0.2, 0.25) is 0 Å². The van der Waals surface area contributed by atoms with E-state index in [9.17, 15) is 4.79 Å². The van der Waals surface area contributed by atoms with Crippen LogP contribution in [0.1, 0.15) is 206 Å². The molecule has 9 unspecified atom stereocenters. The Balaban J connectivity index is 0.943. The SMILES string of the molecule is CCCCCC1CC1CC1CC1CCCCCCCCOCC(CCCCCCCCC1CC1CC1CC1CCCCC)OC(=O)OCCCN(C)C. The molecule has 4 fully saturated rings. The first-order chi connectivity index (χ1) is 26.0. The maximum atomic E-state index is 12.4. The fraction of sp³-hybridized carbons (Fsp3) is 0.979. The average Bonchev–Trinajstić information content (AvgIpc) is 3.97. The van der Waals surface area contributed by atoms with Gasteiger partial charge in [0, 0.05) is 13.2 Å². The molecule has 53 heavy (non-hydrogen) atoms. The number of hydrogen-bond donors (Lipinski definition) is 0. The van der Waals surface area contributed by atoms with Gasteiger partial charge in [-0.1, -0.05) is 142 Å². The van der Waals surface area contributed by atoms with E-state index in [1.807, 2.05) is 14.1 Å². The molecule has 0 aromatic rings. The molecule has 0 aromatic heterocycles. The maximum absolute atomic E-state index is 12.4. The summed E-state index contributed by atoms with van der Waals surface area (Å²) < 4.78 is 17.2. The molecule has 4 saturated carbocycles. The van der Waals surface area contributed by atoms with Crippen molar-refractivity contribution in [1.82, 2.24) is 4.90 Å². The number of hydrogen-bond acceptors (Lipinski definition) is 5. The summed E-state index contributed by atoms with van der Waals surface area (Å²) in [6.45, 7) is 7.22. The van der Waals surface area contributed by atoms with Gasteiger partial charge in [-0.3, -0.25) is 0 Å². The molecule has 0 radical (unpaired) electrons. The molecule has 0 saturated heterocycles. The van der Waals surface area contributed by atoms with Crippen molar-refractivity contribution in [2.75, 3.05) is 40.5 Å². The van der Waals surface area contributed by atoms with E-state index in [1.54, 1.807) is 25.7 Å². The van der Waals surface area contributed by atoms with E-state index in [0.717, 1.165) is 86.2 Å². The van der Waals surface area contributed by atoms with E-state index in [4.69, 9.17) is 14.2 Å². The number of nitrogens with zero attached hydrogens (tertiary/aromatic N) is 1. The van der Waals surface area contributed by atoms with Crippen LogP contribution in [0.15, 0.2) is 0 Å². The minimum atomic E-state index is -0.527. The molecule has 0 aliphatic heterocycles. The van der Waals surface area contributed by atoms with Gasteiger partial charge in [-0.2, -0.15) is 0 Å². The van der Waals surface area contributed by atoms with E-state index in [-0.39, 0.29) is 6.10 Å². The van der Waals surface area contributed by atoms with E-state index in [1.165, 1.54) is 141 Å². The van der Waals surface area contributed by atoms with Gasteiger partial charge in [-0.25, -0.2) is 4.79 Å². The zero-order valence-electron chi connectivity index (χ0n) is 35.8. The van der Waals surface area contributed by atoms with Crippen molar-refractivity contribution < 1.29 is 19.0 Å². The third kappa shape index (κ3) is 21.3. The Morgan fingerprint density at radius 3 is 1.43 bits per heavy atom. The zero-order valence-corrected chi connectivity index (χ0v) is 35.8. The van der Waals surface area contributed by atoms with E-state index >= 15 is 0 Å². The van der Waals surface area contributed by atoms with Gasteiger partial charge < -0.3 is 19.1 Å². The maximum Gasteiger partial charge on any atom is 0.508 e. The molecule has 310 valence electrons. The summed E-state index contributed by atoms with van der Waals surface area (Å²) in [7, 11) is 4.08. The van der Waals surface area contributed by atoms with Gasteiger partial charge in [-0.15, -0.1) is 0 Å². The molecule has 5 heteroatoms. The minimum Gasteiger partial charge on any atom is -0.434 e. The van der Waals surface area contributed by atoms with Crippen molar-refractivity contribution in [2.45, 2.75) is 213 Å². The van der Waals surface area contributed by atoms with Crippen molar-refractivity contribution in [1.29, 1.82) is 0 Å². The molecule has 0 spiro atoms. The minimum absolute atomic E-state index is 0.195. The van der Waals surface area contributed by atoms with Crippen LogP contribution in [-0.4, -0.2) is 57.6 Å². The van der Waals surface area contributed by atoms with Gasteiger partial charge in [-0.05, 0) is 126 Å². The Bertz CT molecular complexity index is 925. The van der Waals surface area contributed by atoms with Crippen LogP contribution in [-0.2, 0) is 14.2 Å². The van der Waals surface area contributed by atoms with Crippen LogP contribution < -0.4 is 0 Å². The third-order valence-corrected chi connectivity index (χ3v) is 13.8. The molecule has 4 aliphatic carbocycles. The summed E-state index contributed by atoms with van der Waals surface area (Å²) in [4.78, 5) is 14.5. The summed E-state index contributed by atoms with van der Waals surface area (Å²) >= 11 is 0. The fourth-order valence-electron chi connectivity index (χ4n) is 9.80. The molecule has 0 amide bonds. The first kappa shape index (κ1) is 44.9. The van der Waals surface area contributed by atoms with Gasteiger partial charge in [0.2, 0.25) is 0 Å². The molecule has 5 nitrogen and oxygen atoms in total. The van der Waals surface area contributed by atoms with Gasteiger partial charge in [0.05, 0.1) is 13.2 Å². The van der Waals surface area contributed by atoms with E-state index < -0.39 is 6.16 Å². The Morgan fingerprint density at radius 1 is 0.528 bits per heavy atom. The van der Waals surface area contributed by atoms with E-state index in [0.29, 0.717) is 13.2 Å². The van der Waals surface area contributed by atoms with Crippen molar-refractivity contribution in [2.24, 2.45) is 47.3 Å². The summed E-state index contributed by atoms with van der Waals surface area (Å²) in [6, 6.07) is 0. The molecular weight excluding hydrogens is 655 g/mol. The van der Waals surface area contributed by atoms with E-state index in [2.05, 4.69) is 18.7 Å². The molecule has 0 bridgehead atoms. The number of unbranched alkanes of at least 4 members (excludes halogenated alkanes) is 14. The fourth-order valence-corrected chi connectivity index (χ4v) is 9.80. The molecule has 9 atom stereocenters. The molecule has 0 aromatic carbocycles. The topological polar surface area (TPSA) is 48.0 Å². The van der Waals surface area contributed by atoms with Crippen molar-refractivity contribution in [3.63, 3.8) is 0 Å². The van der Waals surface area contributed by atoms with Gasteiger partial charge >= 0.3 is 6.16 Å². The summed E-state index contributed by atoms with van der Waals surface area (Å²) in [6.07, 6.45) is 40.4. The monoisotopic (exact) mass is 744 g/mol. The Labute approximate surface area is 329 Å². The van der Waals surface area contributed by atoms with Crippen LogP contribution in [0.3, 0.4) is 0 Å². The quantitative estimate of drug-likeness (QED) is 0.0468. The van der Waals surface area contributed by atoms with Gasteiger partial charge in [0.1, 0.15) is 6.10 Å². The zero-order chi connectivity index (χ0) is 37.5. The van der Waals surface area contributed by atoms with Crippen LogP contribution in [0.4, 0.5) is 4.79 Å². The van der Waals surface area contributed by atoms with Crippen molar-refractivity contribution >= 4 is 6.16 Å². The van der Waals surface area contributed by atoms with Crippen LogP contribution >= 0.6 is 0 Å². The molecule has 4 aliphatic rings. The lowest BCUT2D eigenvalue weighted by Crippen LogP contribution is -2.25. The van der Waals surface area contributed by atoms with Crippen LogP contribution in [0.5, 0.6) is 0 Å². The van der Waals surface area contributed by atoms with Gasteiger partial charge in [0.15, 0.2) is 0 Å². The second-order valence-corrected chi connectivity index (χ2v) is 19.2. The summed E-state index contributed by atoms with van der Waals surface area (Å²) in [5, 5.41) is 0. The second kappa shape index (κ2) is 26.9. The second-order valence-electron chi connectivity index (χ2n) is 19.2. The highest BCUT2D eigenvalue weighted by Gasteiger charge is 2.45. The highest BCUT2D eigenvalue weighted by molar-refractivity contribution is 5.60. The number of carbonyl (C=O) groups excluding carboxylic acids is 1. The lowest BCUT2D eigenvalue weighted by atomic mass is 10.0. The van der Waals surface area contributed by atoms with Crippen LogP contribution in [0.25, 0.3) is 0 Å². The normalized spacial score (nSPS) is 27.6. The Hall–Kier alpha value is -0.810. The Kier molecular flexibility index (Phi) is 22.8. The Morgan fingerprint density at radius 2 is 0.962 bits per heavy atom. The highest BCUT2D eigenvalue weighted by atomic mass is 16.7. The lowest BCUT2D eigenvalue weighted by molar-refractivity contribution is -0.0211. The number of rotatable bonds is 37. The summed E-state index contributed by atoms with van der Waals surface area (Å²) in [5.41, 5.74) is 0. The molecular formula is C48H89NO4. The standard InChI is InChI=1S/C48H89NO4/c1-5-7-17-24-39-32-43(39)36-45-34-41(45)26-19-13-9-10-15-21-28-47(53-48(50)52-31-23-29-49(3)4)38-51-30-22-16-12-11-14-20-27-42-35-46(42)37-44-33-40(44)25-18-8-6-2/h39-47H,5-38H2,1-4H3. The molecule has 4 rings (SSSR count). The predicted octanol–water partition coefficient (Wildman–Crippen LogP) is 13.8. The van der Waals surface area contributed by atoms with Crippen molar-refractivity contribution in [3.05, 3.63) is 0 Å². The first-order valence-electron chi connectivity index (χ1n) is 24.0. The summed E-state index contributed by atoms with van der Waals surface area (Å²) in [5.74, 6) is 8.69. The smallest absolute Gasteiger partial charge is 0.434 e. The average molecular weight is 744 g/mol. The highest BCUT2D eigenvalue weighted by Crippen LogP contribution is 2.55. The van der Waals surface area contributed by atoms with Crippen LogP contribution in [0, 0.1) is 47.3 Å².